The summed E-state index contributed by atoms with van der Waals surface area (Å²) >= 11 is 0. The molecular formula is C29H30N4O3. The summed E-state index contributed by atoms with van der Waals surface area (Å²) < 4.78 is 5.44. The van der Waals surface area contributed by atoms with Gasteiger partial charge in [-0.05, 0) is 42.7 Å². The molecule has 0 radical (unpaired) electrons. The van der Waals surface area contributed by atoms with Crippen LogP contribution in [0.3, 0.4) is 0 Å². The zero-order valence-electron chi connectivity index (χ0n) is 20.6. The second kappa shape index (κ2) is 10.3. The Bertz CT molecular complexity index is 1390. The number of H-pyrrole nitrogens is 1. The number of carbonyl (C=O) groups is 2. The van der Waals surface area contributed by atoms with Gasteiger partial charge in [-0.3, -0.25) is 4.79 Å². The zero-order chi connectivity index (χ0) is 25.1. The highest BCUT2D eigenvalue weighted by Crippen LogP contribution is 2.37. The summed E-state index contributed by atoms with van der Waals surface area (Å²) in [4.78, 5) is 31.6. The topological polar surface area (TPSA) is 86.5 Å². The third kappa shape index (κ3) is 4.97. The Morgan fingerprint density at radius 1 is 0.944 bits per heavy atom. The zero-order valence-corrected chi connectivity index (χ0v) is 20.6. The monoisotopic (exact) mass is 482 g/mol. The standard InChI is InChI=1S/C29H30N4O3/c1-19-8-10-21(11-9-19)18-30-29(35)31-24-17-20(2)16-23-25(22-6-4-3-5-7-22)27(32-26(23)24)28(34)33-12-14-36-15-13-33/h3-11,16-17,32H,12-15,18H2,1-2H3,(H2,30,31,35). The minimum atomic E-state index is -0.306. The van der Waals surface area contributed by atoms with Gasteiger partial charge in [-0.15, -0.1) is 0 Å². The van der Waals surface area contributed by atoms with Crippen molar-refractivity contribution in [1.29, 1.82) is 0 Å². The molecule has 3 N–H and O–H groups in total. The van der Waals surface area contributed by atoms with Crippen LogP contribution >= 0.6 is 0 Å². The number of benzene rings is 3. The first-order valence-electron chi connectivity index (χ1n) is 12.2. The Morgan fingerprint density at radius 2 is 1.67 bits per heavy atom. The summed E-state index contributed by atoms with van der Waals surface area (Å²) in [6, 6.07) is 21.6. The molecule has 0 atom stereocenters. The molecule has 3 aromatic carbocycles. The van der Waals surface area contributed by atoms with Gasteiger partial charge in [0.05, 0.1) is 24.4 Å². The molecule has 4 aromatic rings. The first kappa shape index (κ1) is 23.6. The van der Waals surface area contributed by atoms with E-state index in [4.69, 9.17) is 4.74 Å². The Hall–Kier alpha value is -4.10. The van der Waals surface area contributed by atoms with Crippen molar-refractivity contribution in [2.75, 3.05) is 31.6 Å². The van der Waals surface area contributed by atoms with Gasteiger partial charge >= 0.3 is 6.03 Å². The molecule has 5 rings (SSSR count). The number of amides is 3. The fraction of sp³-hybridized carbons (Fsp3) is 0.241. The van der Waals surface area contributed by atoms with Crippen molar-refractivity contribution in [3.05, 3.63) is 89.1 Å². The van der Waals surface area contributed by atoms with E-state index >= 15 is 0 Å². The van der Waals surface area contributed by atoms with Crippen LogP contribution in [0.2, 0.25) is 0 Å². The molecule has 36 heavy (non-hydrogen) atoms. The van der Waals surface area contributed by atoms with Crippen LogP contribution in [0.5, 0.6) is 0 Å². The van der Waals surface area contributed by atoms with Gasteiger partial charge in [-0.25, -0.2) is 4.79 Å². The van der Waals surface area contributed by atoms with Gasteiger partial charge in [0.1, 0.15) is 5.69 Å². The van der Waals surface area contributed by atoms with E-state index in [1.807, 2.05) is 79.4 Å². The molecule has 1 aromatic heterocycles. The van der Waals surface area contributed by atoms with Gasteiger partial charge < -0.3 is 25.3 Å². The molecule has 0 bridgehead atoms. The van der Waals surface area contributed by atoms with Gasteiger partial charge in [-0.1, -0.05) is 60.2 Å². The number of rotatable bonds is 5. The van der Waals surface area contributed by atoms with Crippen LogP contribution in [-0.2, 0) is 11.3 Å². The lowest BCUT2D eigenvalue weighted by atomic mass is 9.99. The summed E-state index contributed by atoms with van der Waals surface area (Å²) in [5, 5.41) is 6.81. The molecule has 184 valence electrons. The maximum Gasteiger partial charge on any atom is 0.319 e. The number of carbonyl (C=O) groups excluding carboxylic acids is 2. The first-order chi connectivity index (χ1) is 17.5. The van der Waals surface area contributed by atoms with E-state index in [9.17, 15) is 9.59 Å². The maximum atomic E-state index is 13.6. The van der Waals surface area contributed by atoms with Gasteiger partial charge in [0, 0.05) is 30.6 Å². The molecular weight excluding hydrogens is 452 g/mol. The maximum absolute atomic E-state index is 13.6. The van der Waals surface area contributed by atoms with E-state index in [-0.39, 0.29) is 11.9 Å². The fourth-order valence-electron chi connectivity index (χ4n) is 4.58. The van der Waals surface area contributed by atoms with Crippen LogP contribution in [0.15, 0.2) is 66.7 Å². The number of anilines is 1. The van der Waals surface area contributed by atoms with Gasteiger partial charge in [-0.2, -0.15) is 0 Å². The van der Waals surface area contributed by atoms with Crippen molar-refractivity contribution < 1.29 is 14.3 Å². The smallest absolute Gasteiger partial charge is 0.319 e. The van der Waals surface area contributed by atoms with E-state index in [0.29, 0.717) is 44.2 Å². The van der Waals surface area contributed by atoms with Crippen LogP contribution in [0.4, 0.5) is 10.5 Å². The van der Waals surface area contributed by atoms with Gasteiger partial charge in [0.25, 0.3) is 5.91 Å². The molecule has 0 unspecified atom stereocenters. The number of urea groups is 1. The summed E-state index contributed by atoms with van der Waals surface area (Å²) in [6.45, 7) is 6.59. The highest BCUT2D eigenvalue weighted by molar-refractivity contribution is 6.13. The number of aryl methyl sites for hydroxylation is 2. The average molecular weight is 483 g/mol. The van der Waals surface area contributed by atoms with E-state index < -0.39 is 0 Å². The van der Waals surface area contributed by atoms with Crippen LogP contribution in [-0.4, -0.2) is 48.1 Å². The number of aromatic nitrogens is 1. The van der Waals surface area contributed by atoms with Crippen molar-refractivity contribution >= 4 is 28.5 Å². The van der Waals surface area contributed by atoms with Crippen molar-refractivity contribution in [2.24, 2.45) is 0 Å². The molecule has 3 amide bonds. The lowest BCUT2D eigenvalue weighted by Gasteiger charge is -2.26. The average Bonchev–Trinajstić information content (AvgIpc) is 3.28. The van der Waals surface area contributed by atoms with Crippen LogP contribution in [0.25, 0.3) is 22.0 Å². The van der Waals surface area contributed by atoms with Crippen molar-refractivity contribution in [2.45, 2.75) is 20.4 Å². The van der Waals surface area contributed by atoms with E-state index in [2.05, 4.69) is 21.7 Å². The van der Waals surface area contributed by atoms with Crippen LogP contribution in [0.1, 0.15) is 27.2 Å². The highest BCUT2D eigenvalue weighted by Gasteiger charge is 2.26. The molecule has 0 aliphatic carbocycles. The minimum absolute atomic E-state index is 0.0687. The lowest BCUT2D eigenvalue weighted by molar-refractivity contribution is 0.0300. The Labute approximate surface area is 210 Å². The molecule has 7 nitrogen and oxygen atoms in total. The normalized spacial score (nSPS) is 13.6. The van der Waals surface area contributed by atoms with E-state index in [1.54, 1.807) is 0 Å². The Balaban J connectivity index is 1.50. The lowest BCUT2D eigenvalue weighted by Crippen LogP contribution is -2.41. The first-order valence-corrected chi connectivity index (χ1v) is 12.2. The largest absolute Gasteiger partial charge is 0.378 e. The summed E-state index contributed by atoms with van der Waals surface area (Å²) in [5.41, 5.74) is 6.84. The molecule has 1 aliphatic heterocycles. The Kier molecular flexibility index (Phi) is 6.73. The third-order valence-corrected chi connectivity index (χ3v) is 6.45. The molecule has 1 fully saturated rings. The third-order valence-electron chi connectivity index (χ3n) is 6.45. The number of nitrogens with zero attached hydrogens (tertiary/aromatic N) is 1. The minimum Gasteiger partial charge on any atom is -0.378 e. The number of aromatic amines is 1. The summed E-state index contributed by atoms with van der Waals surface area (Å²) in [5.74, 6) is -0.0687. The molecule has 2 heterocycles. The highest BCUT2D eigenvalue weighted by atomic mass is 16.5. The van der Waals surface area contributed by atoms with E-state index in [1.165, 1.54) is 5.56 Å². The molecule has 7 heteroatoms. The predicted molar refractivity (Wildman–Crippen MR) is 142 cm³/mol. The summed E-state index contributed by atoms with van der Waals surface area (Å²) in [7, 11) is 0. The SMILES string of the molecule is Cc1ccc(CNC(=O)Nc2cc(C)cc3c(-c4ccccc4)c(C(=O)N4CCOCC4)[nH]c23)cc1. The van der Waals surface area contributed by atoms with E-state index in [0.717, 1.165) is 33.2 Å². The summed E-state index contributed by atoms with van der Waals surface area (Å²) in [6.07, 6.45) is 0. The van der Waals surface area contributed by atoms with Crippen molar-refractivity contribution in [1.82, 2.24) is 15.2 Å². The van der Waals surface area contributed by atoms with Crippen molar-refractivity contribution in [3.8, 4) is 11.1 Å². The molecule has 0 saturated carbocycles. The quantitative estimate of drug-likeness (QED) is 0.363. The van der Waals surface area contributed by atoms with Crippen molar-refractivity contribution in [3.63, 3.8) is 0 Å². The van der Waals surface area contributed by atoms with Gasteiger partial charge in [0.15, 0.2) is 0 Å². The number of fused-ring (bicyclic) bond motifs is 1. The number of nitrogens with one attached hydrogen (secondary N) is 3. The number of hydrogen-bond donors (Lipinski definition) is 3. The van der Waals surface area contributed by atoms with Crippen LogP contribution < -0.4 is 10.6 Å². The number of ether oxygens (including phenoxy) is 1. The Morgan fingerprint density at radius 3 is 2.39 bits per heavy atom. The number of morpholine rings is 1. The predicted octanol–water partition coefficient (Wildman–Crippen LogP) is 5.25. The molecule has 1 aliphatic rings. The van der Waals surface area contributed by atoms with Crippen LogP contribution in [0, 0.1) is 13.8 Å². The second-order valence-corrected chi connectivity index (χ2v) is 9.17. The molecule has 1 saturated heterocycles. The second-order valence-electron chi connectivity index (χ2n) is 9.17. The number of hydrogen-bond acceptors (Lipinski definition) is 3. The van der Waals surface area contributed by atoms with Gasteiger partial charge in [0.2, 0.25) is 0 Å². The fourth-order valence-corrected chi connectivity index (χ4v) is 4.58. The molecule has 0 spiro atoms.